The summed E-state index contributed by atoms with van der Waals surface area (Å²) in [6, 6.07) is 3.94. The van der Waals surface area contributed by atoms with E-state index in [1.165, 1.54) is 5.56 Å². The lowest BCUT2D eigenvalue weighted by Crippen LogP contribution is -2.49. The molecule has 2 amide bonds. The molecule has 0 spiro atoms. The molecule has 1 atom stereocenters. The van der Waals surface area contributed by atoms with Crippen LogP contribution in [0.25, 0.3) is 11.0 Å². The third kappa shape index (κ3) is 4.19. The number of amides is 2. The van der Waals surface area contributed by atoms with Crippen LogP contribution >= 0.6 is 0 Å². The van der Waals surface area contributed by atoms with Gasteiger partial charge in [0.2, 0.25) is 0 Å². The van der Waals surface area contributed by atoms with Crippen LogP contribution in [-0.2, 0) is 9.84 Å². The lowest BCUT2D eigenvalue weighted by atomic mass is 9.84. The topological polar surface area (TPSA) is 86.4 Å². The maximum Gasteiger partial charge on any atom is 0.320 e. The van der Waals surface area contributed by atoms with Gasteiger partial charge in [-0.1, -0.05) is 0 Å². The van der Waals surface area contributed by atoms with E-state index in [2.05, 4.69) is 16.0 Å². The second-order valence-corrected chi connectivity index (χ2v) is 12.6. The summed E-state index contributed by atoms with van der Waals surface area (Å²) in [6.45, 7) is 6.78. The fraction of sp³-hybridized carbons (Fsp3) is 0.652. The first-order valence-electron chi connectivity index (χ1n) is 11.3. The Labute approximate surface area is 185 Å². The number of hydrogen-bond acceptors (Lipinski definition) is 4. The van der Waals surface area contributed by atoms with Crippen LogP contribution in [0.15, 0.2) is 24.5 Å². The lowest BCUT2D eigenvalue weighted by Gasteiger charge is -2.35. The fourth-order valence-corrected chi connectivity index (χ4v) is 7.25. The van der Waals surface area contributed by atoms with Crippen molar-refractivity contribution >= 4 is 26.9 Å². The first kappa shape index (κ1) is 22.1. The number of carbonyl (C=O) groups is 1. The Morgan fingerprint density at radius 1 is 1.16 bits per heavy atom. The first-order chi connectivity index (χ1) is 14.6. The highest BCUT2D eigenvalue weighted by Gasteiger charge is 2.42. The molecule has 0 radical (unpaired) electrons. The van der Waals surface area contributed by atoms with Crippen molar-refractivity contribution in [3.8, 4) is 0 Å². The van der Waals surface area contributed by atoms with Crippen molar-refractivity contribution in [2.24, 2.45) is 0 Å². The van der Waals surface area contributed by atoms with E-state index in [1.807, 2.05) is 33.0 Å². The standard InChI is InChI=1S/C23H34N4O3S/c1-23(2,3)26(4)22(28)27-13-11-18(15-27)31(29,30)17-9-7-16(8-10-17)20-14-25-21-19(20)6-5-12-24-21/h5-6,12,14,16-18H,7-11,13,15H2,1-4H3,(H,24,25)/t16?,17?,18-/m0/s1. The van der Waals surface area contributed by atoms with Gasteiger partial charge in [-0.2, -0.15) is 0 Å². The van der Waals surface area contributed by atoms with Gasteiger partial charge in [0, 0.05) is 43.5 Å². The van der Waals surface area contributed by atoms with E-state index in [9.17, 15) is 13.2 Å². The van der Waals surface area contributed by atoms with Crippen LogP contribution in [0.2, 0.25) is 0 Å². The van der Waals surface area contributed by atoms with Crippen molar-refractivity contribution in [3.05, 3.63) is 30.1 Å². The predicted octanol–water partition coefficient (Wildman–Crippen LogP) is 3.93. The number of pyridine rings is 1. The molecule has 0 bridgehead atoms. The summed E-state index contributed by atoms with van der Waals surface area (Å²) in [5.41, 5.74) is 1.86. The largest absolute Gasteiger partial charge is 0.346 e. The third-order valence-corrected chi connectivity index (χ3v) is 9.95. The molecule has 1 saturated heterocycles. The van der Waals surface area contributed by atoms with Crippen LogP contribution in [-0.4, -0.2) is 70.4 Å². The SMILES string of the molecule is CN(C(=O)N1CC[C@H](S(=O)(=O)C2CCC(c3c[nH]c4ncccc34)CC2)C1)C(C)(C)C. The number of nitrogens with one attached hydrogen (secondary N) is 1. The second kappa shape index (κ2) is 8.11. The Morgan fingerprint density at radius 2 is 1.87 bits per heavy atom. The van der Waals surface area contributed by atoms with E-state index in [4.69, 9.17) is 0 Å². The lowest BCUT2D eigenvalue weighted by molar-refractivity contribution is 0.134. The normalized spacial score (nSPS) is 25.2. The van der Waals surface area contributed by atoms with Gasteiger partial charge in [-0.25, -0.2) is 18.2 Å². The van der Waals surface area contributed by atoms with Crippen molar-refractivity contribution in [1.29, 1.82) is 0 Å². The Balaban J connectivity index is 1.39. The summed E-state index contributed by atoms with van der Waals surface area (Å²) in [6.07, 6.45) is 7.46. The monoisotopic (exact) mass is 446 g/mol. The maximum atomic E-state index is 13.4. The summed E-state index contributed by atoms with van der Waals surface area (Å²) in [7, 11) is -1.47. The number of urea groups is 1. The van der Waals surface area contributed by atoms with Crippen LogP contribution in [0.3, 0.4) is 0 Å². The average Bonchev–Trinajstić information content (AvgIpc) is 3.40. The van der Waals surface area contributed by atoms with Gasteiger partial charge in [-0.15, -0.1) is 0 Å². The number of carbonyl (C=O) groups excluding carboxylic acids is 1. The summed E-state index contributed by atoms with van der Waals surface area (Å²) in [5, 5.41) is 0.401. The van der Waals surface area contributed by atoms with Gasteiger partial charge in [-0.05, 0) is 76.5 Å². The molecule has 170 valence electrons. The Hall–Kier alpha value is -2.09. The predicted molar refractivity (Wildman–Crippen MR) is 123 cm³/mol. The molecular formula is C23H34N4O3S. The van der Waals surface area contributed by atoms with E-state index in [1.54, 1.807) is 23.0 Å². The van der Waals surface area contributed by atoms with Crippen molar-refractivity contribution < 1.29 is 13.2 Å². The minimum atomic E-state index is -3.26. The van der Waals surface area contributed by atoms with E-state index in [0.29, 0.717) is 38.3 Å². The van der Waals surface area contributed by atoms with E-state index in [0.717, 1.165) is 23.9 Å². The van der Waals surface area contributed by atoms with Crippen LogP contribution < -0.4 is 0 Å². The average molecular weight is 447 g/mol. The Bertz CT molecular complexity index is 1050. The summed E-state index contributed by atoms with van der Waals surface area (Å²) in [4.78, 5) is 23.8. The van der Waals surface area contributed by atoms with Crippen LogP contribution in [0.1, 0.15) is 64.4 Å². The van der Waals surface area contributed by atoms with Crippen molar-refractivity contribution in [3.63, 3.8) is 0 Å². The highest BCUT2D eigenvalue weighted by Crippen LogP contribution is 2.39. The first-order valence-corrected chi connectivity index (χ1v) is 12.9. The molecule has 8 heteroatoms. The number of nitrogens with zero attached hydrogens (tertiary/aromatic N) is 3. The van der Waals surface area contributed by atoms with E-state index in [-0.39, 0.29) is 16.8 Å². The van der Waals surface area contributed by atoms with Gasteiger partial charge < -0.3 is 14.8 Å². The molecular weight excluding hydrogens is 412 g/mol. The molecule has 3 heterocycles. The van der Waals surface area contributed by atoms with Gasteiger partial charge in [0.05, 0.1) is 10.5 Å². The maximum absolute atomic E-state index is 13.4. The zero-order chi connectivity index (χ0) is 22.4. The summed E-state index contributed by atoms with van der Waals surface area (Å²) < 4.78 is 26.7. The van der Waals surface area contributed by atoms with Crippen LogP contribution in [0.4, 0.5) is 4.79 Å². The molecule has 2 aliphatic rings. The molecule has 0 unspecified atom stereocenters. The molecule has 1 aliphatic heterocycles. The van der Waals surface area contributed by atoms with Crippen molar-refractivity contribution in [1.82, 2.24) is 19.8 Å². The number of H-pyrrole nitrogens is 1. The molecule has 2 aromatic rings. The number of rotatable bonds is 3. The molecule has 1 saturated carbocycles. The van der Waals surface area contributed by atoms with E-state index >= 15 is 0 Å². The number of aromatic nitrogens is 2. The third-order valence-electron chi connectivity index (χ3n) is 7.24. The summed E-state index contributed by atoms with van der Waals surface area (Å²) >= 11 is 0. The number of hydrogen-bond donors (Lipinski definition) is 1. The smallest absolute Gasteiger partial charge is 0.320 e. The molecule has 1 aliphatic carbocycles. The molecule has 2 fully saturated rings. The van der Waals surface area contributed by atoms with Gasteiger partial charge >= 0.3 is 6.03 Å². The molecule has 31 heavy (non-hydrogen) atoms. The Kier molecular flexibility index (Phi) is 5.79. The zero-order valence-electron chi connectivity index (χ0n) is 19.0. The number of sulfone groups is 1. The minimum Gasteiger partial charge on any atom is -0.346 e. The van der Waals surface area contributed by atoms with E-state index < -0.39 is 15.1 Å². The fourth-order valence-electron chi connectivity index (χ4n) is 4.96. The van der Waals surface area contributed by atoms with Crippen LogP contribution in [0, 0.1) is 0 Å². The van der Waals surface area contributed by atoms with Gasteiger partial charge in [0.25, 0.3) is 0 Å². The number of aromatic amines is 1. The second-order valence-electron chi connectivity index (χ2n) is 10.1. The van der Waals surface area contributed by atoms with Crippen molar-refractivity contribution in [2.75, 3.05) is 20.1 Å². The summed E-state index contributed by atoms with van der Waals surface area (Å²) in [5.74, 6) is 0.367. The molecule has 0 aromatic carbocycles. The quantitative estimate of drug-likeness (QED) is 0.774. The van der Waals surface area contributed by atoms with Gasteiger partial charge in [0.15, 0.2) is 9.84 Å². The molecule has 1 N–H and O–H groups in total. The van der Waals surface area contributed by atoms with Gasteiger partial charge in [0.1, 0.15) is 5.65 Å². The highest BCUT2D eigenvalue weighted by atomic mass is 32.2. The van der Waals surface area contributed by atoms with Crippen LogP contribution in [0.5, 0.6) is 0 Å². The van der Waals surface area contributed by atoms with Gasteiger partial charge in [-0.3, -0.25) is 0 Å². The zero-order valence-corrected chi connectivity index (χ0v) is 19.8. The molecule has 7 nitrogen and oxygen atoms in total. The number of likely N-dealkylation sites (tertiary alicyclic amines) is 1. The molecule has 4 rings (SSSR count). The highest BCUT2D eigenvalue weighted by molar-refractivity contribution is 7.92. The Morgan fingerprint density at radius 3 is 2.55 bits per heavy atom. The van der Waals surface area contributed by atoms with Crippen molar-refractivity contribution in [2.45, 2.75) is 74.8 Å². The minimum absolute atomic E-state index is 0.0816. The molecule has 2 aromatic heterocycles. The number of fused-ring (bicyclic) bond motifs is 1.